The fourth-order valence-electron chi connectivity index (χ4n) is 2.06. The highest BCUT2D eigenvalue weighted by Crippen LogP contribution is 2.18. The third-order valence-corrected chi connectivity index (χ3v) is 3.06. The van der Waals surface area contributed by atoms with Gasteiger partial charge in [0.15, 0.2) is 0 Å². The highest BCUT2D eigenvalue weighted by atomic mass is 16.4. The van der Waals surface area contributed by atoms with Gasteiger partial charge in [0.05, 0.1) is 0 Å². The minimum absolute atomic E-state index is 0.320. The zero-order valence-electron chi connectivity index (χ0n) is 10.5. The minimum atomic E-state index is 0.320. The zero-order chi connectivity index (χ0) is 12.9. The maximum atomic E-state index is 5.54. The van der Waals surface area contributed by atoms with Crippen LogP contribution in [-0.4, -0.2) is 10.2 Å². The number of rotatable bonds is 1. The van der Waals surface area contributed by atoms with Crippen LogP contribution in [0.2, 0.25) is 0 Å². The van der Waals surface area contributed by atoms with Gasteiger partial charge in [0.25, 0.3) is 5.89 Å². The maximum absolute atomic E-state index is 5.54. The molecule has 1 aromatic carbocycles. The first-order valence-corrected chi connectivity index (χ1v) is 6.49. The van der Waals surface area contributed by atoms with Crippen molar-refractivity contribution in [2.45, 2.75) is 19.3 Å². The van der Waals surface area contributed by atoms with Crippen LogP contribution in [0.1, 0.15) is 25.2 Å². The molecule has 3 nitrogen and oxygen atoms in total. The second kappa shape index (κ2) is 5.53. The van der Waals surface area contributed by atoms with E-state index in [1.54, 1.807) is 0 Å². The quantitative estimate of drug-likeness (QED) is 0.575. The van der Waals surface area contributed by atoms with Crippen molar-refractivity contribution < 1.29 is 4.42 Å². The standard InChI is InChI=1S/C16H14N2O/c1-3-7-13(8-4-1)11-12-15-17-18-16(19-15)14-9-5-2-6-10-14/h2-3,5-7,9-10,13H,1,4,8H2. The summed E-state index contributed by atoms with van der Waals surface area (Å²) in [6, 6.07) is 9.72. The molecule has 3 heteroatoms. The number of nitrogens with zero attached hydrogens (tertiary/aromatic N) is 2. The van der Waals surface area contributed by atoms with Crippen molar-refractivity contribution in [3.63, 3.8) is 0 Å². The maximum Gasteiger partial charge on any atom is 0.294 e. The molecule has 19 heavy (non-hydrogen) atoms. The number of hydrogen-bond acceptors (Lipinski definition) is 3. The Bertz CT molecular complexity index is 632. The first kappa shape index (κ1) is 11.7. The molecular weight excluding hydrogens is 236 g/mol. The number of benzene rings is 1. The van der Waals surface area contributed by atoms with Gasteiger partial charge in [0.1, 0.15) is 0 Å². The van der Waals surface area contributed by atoms with E-state index in [1.807, 2.05) is 30.3 Å². The zero-order valence-corrected chi connectivity index (χ0v) is 10.5. The summed E-state index contributed by atoms with van der Waals surface area (Å²) in [5.74, 6) is 7.36. The lowest BCUT2D eigenvalue weighted by Gasteiger charge is -2.08. The van der Waals surface area contributed by atoms with E-state index >= 15 is 0 Å². The van der Waals surface area contributed by atoms with Crippen molar-refractivity contribution >= 4 is 0 Å². The van der Waals surface area contributed by atoms with Crippen LogP contribution in [0.4, 0.5) is 0 Å². The molecule has 0 spiro atoms. The summed E-state index contributed by atoms with van der Waals surface area (Å²) in [5, 5.41) is 7.98. The van der Waals surface area contributed by atoms with Crippen molar-refractivity contribution in [3.8, 4) is 23.3 Å². The summed E-state index contributed by atoms with van der Waals surface area (Å²) in [7, 11) is 0. The van der Waals surface area contributed by atoms with E-state index in [2.05, 4.69) is 34.2 Å². The fraction of sp³-hybridized carbons (Fsp3) is 0.250. The normalized spacial score (nSPS) is 17.8. The lowest BCUT2D eigenvalue weighted by molar-refractivity contribution is 0.554. The molecule has 0 radical (unpaired) electrons. The molecule has 1 aliphatic carbocycles. The summed E-state index contributed by atoms with van der Waals surface area (Å²) in [5.41, 5.74) is 0.917. The van der Waals surface area contributed by atoms with E-state index < -0.39 is 0 Å². The van der Waals surface area contributed by atoms with Crippen molar-refractivity contribution in [1.82, 2.24) is 10.2 Å². The molecule has 1 unspecified atom stereocenters. The Morgan fingerprint density at radius 2 is 2.05 bits per heavy atom. The Hall–Kier alpha value is -2.34. The Morgan fingerprint density at radius 1 is 1.16 bits per heavy atom. The molecule has 0 amide bonds. The van der Waals surface area contributed by atoms with Crippen LogP contribution < -0.4 is 0 Å². The first-order chi connectivity index (χ1) is 9.42. The van der Waals surface area contributed by atoms with Gasteiger partial charge >= 0.3 is 0 Å². The van der Waals surface area contributed by atoms with Gasteiger partial charge in [-0.1, -0.05) is 41.4 Å². The summed E-state index contributed by atoms with van der Waals surface area (Å²) in [6.07, 6.45) is 7.83. The summed E-state index contributed by atoms with van der Waals surface area (Å²) in [6.45, 7) is 0. The number of aromatic nitrogens is 2. The minimum Gasteiger partial charge on any atom is -0.410 e. The Labute approximate surface area is 112 Å². The molecule has 1 aliphatic rings. The molecule has 0 bridgehead atoms. The van der Waals surface area contributed by atoms with Crippen LogP contribution in [-0.2, 0) is 0 Å². The van der Waals surface area contributed by atoms with Crippen LogP contribution in [0.5, 0.6) is 0 Å². The Balaban J connectivity index is 1.77. The molecule has 0 saturated carbocycles. The monoisotopic (exact) mass is 250 g/mol. The van der Waals surface area contributed by atoms with Gasteiger partial charge in [-0.15, -0.1) is 5.10 Å². The molecule has 1 aromatic heterocycles. The average molecular weight is 250 g/mol. The fourth-order valence-corrected chi connectivity index (χ4v) is 2.06. The van der Waals surface area contributed by atoms with Crippen molar-refractivity contribution in [3.05, 3.63) is 48.4 Å². The molecule has 94 valence electrons. The third kappa shape index (κ3) is 2.92. The first-order valence-electron chi connectivity index (χ1n) is 6.49. The summed E-state index contributed by atoms with van der Waals surface area (Å²) < 4.78 is 5.54. The average Bonchev–Trinajstić information content (AvgIpc) is 2.96. The SMILES string of the molecule is C(#CC1C=CCCC1)c1nnc(-c2ccccc2)o1. The van der Waals surface area contributed by atoms with Crippen molar-refractivity contribution in [2.75, 3.05) is 0 Å². The highest BCUT2D eigenvalue weighted by Gasteiger charge is 2.07. The third-order valence-electron chi connectivity index (χ3n) is 3.06. The lowest BCUT2D eigenvalue weighted by Crippen LogP contribution is -1.96. The molecule has 0 N–H and O–H groups in total. The van der Waals surface area contributed by atoms with Crippen LogP contribution in [0, 0.1) is 17.8 Å². The van der Waals surface area contributed by atoms with Crippen LogP contribution in [0.15, 0.2) is 46.9 Å². The van der Waals surface area contributed by atoms with Crippen LogP contribution >= 0.6 is 0 Å². The molecule has 1 heterocycles. The van der Waals surface area contributed by atoms with Crippen molar-refractivity contribution in [2.24, 2.45) is 5.92 Å². The van der Waals surface area contributed by atoms with Gasteiger partial charge in [0, 0.05) is 11.5 Å². The van der Waals surface area contributed by atoms with E-state index in [4.69, 9.17) is 4.42 Å². The molecule has 0 saturated heterocycles. The van der Waals surface area contributed by atoms with Gasteiger partial charge < -0.3 is 4.42 Å². The molecule has 0 fully saturated rings. The van der Waals surface area contributed by atoms with Crippen molar-refractivity contribution in [1.29, 1.82) is 0 Å². The van der Waals surface area contributed by atoms with Gasteiger partial charge in [-0.05, 0) is 37.3 Å². The summed E-state index contributed by atoms with van der Waals surface area (Å²) >= 11 is 0. The van der Waals surface area contributed by atoms with Gasteiger partial charge in [-0.3, -0.25) is 0 Å². The molecule has 1 atom stereocenters. The largest absolute Gasteiger partial charge is 0.410 e. The van der Waals surface area contributed by atoms with E-state index in [9.17, 15) is 0 Å². The van der Waals surface area contributed by atoms with Gasteiger partial charge in [0.2, 0.25) is 5.89 Å². The van der Waals surface area contributed by atoms with E-state index in [0.29, 0.717) is 17.7 Å². The van der Waals surface area contributed by atoms with Gasteiger partial charge in [-0.25, -0.2) is 0 Å². The molecule has 3 rings (SSSR count). The second-order valence-electron chi connectivity index (χ2n) is 4.51. The topological polar surface area (TPSA) is 38.9 Å². The van der Waals surface area contributed by atoms with Crippen LogP contribution in [0.3, 0.4) is 0 Å². The Morgan fingerprint density at radius 3 is 2.84 bits per heavy atom. The smallest absolute Gasteiger partial charge is 0.294 e. The predicted molar refractivity (Wildman–Crippen MR) is 73.1 cm³/mol. The highest BCUT2D eigenvalue weighted by molar-refractivity contribution is 5.52. The lowest BCUT2D eigenvalue weighted by atomic mass is 9.97. The molecule has 0 aliphatic heterocycles. The van der Waals surface area contributed by atoms with E-state index in [-0.39, 0.29) is 0 Å². The number of allylic oxidation sites excluding steroid dienone is 2. The molecule has 2 aromatic rings. The van der Waals surface area contributed by atoms with Crippen LogP contribution in [0.25, 0.3) is 11.5 Å². The van der Waals surface area contributed by atoms with E-state index in [0.717, 1.165) is 18.4 Å². The molecular formula is C16H14N2O. The Kier molecular flexibility index (Phi) is 3.42. The summed E-state index contributed by atoms with van der Waals surface area (Å²) in [4.78, 5) is 0. The van der Waals surface area contributed by atoms with E-state index in [1.165, 1.54) is 6.42 Å². The second-order valence-corrected chi connectivity index (χ2v) is 4.51. The predicted octanol–water partition coefficient (Wildman–Crippen LogP) is 3.44. The van der Waals surface area contributed by atoms with Gasteiger partial charge in [-0.2, -0.15) is 0 Å². The number of hydrogen-bond donors (Lipinski definition) is 0.